The second-order valence-electron chi connectivity index (χ2n) is 1.97. The third kappa shape index (κ3) is 1.49. The molecular formula is C5H5N2O4P. The van der Waals surface area contributed by atoms with Gasteiger partial charge in [0.25, 0.3) is 0 Å². The molecule has 7 heteroatoms. The number of pyridine rings is 1. The number of nitrogens with zero attached hydrogens (tertiary/aromatic N) is 2. The van der Waals surface area contributed by atoms with Crippen molar-refractivity contribution in [3.63, 3.8) is 0 Å². The summed E-state index contributed by atoms with van der Waals surface area (Å²) in [5.41, 5.74) is -0.407. The van der Waals surface area contributed by atoms with Gasteiger partial charge in [-0.3, -0.25) is 15.0 Å². The molecule has 64 valence electrons. The van der Waals surface area contributed by atoms with Crippen molar-refractivity contribution >= 4 is 13.0 Å². The van der Waals surface area contributed by atoms with Gasteiger partial charge >= 0.3 is 7.52 Å². The van der Waals surface area contributed by atoms with Gasteiger partial charge in [0.05, 0.1) is 0 Å². The molecule has 0 aliphatic heterocycles. The maximum absolute atomic E-state index is 10.9. The first-order chi connectivity index (χ1) is 5.55. The first-order valence-electron chi connectivity index (χ1n) is 2.94. The molecule has 0 radical (unpaired) electrons. The molecule has 0 amide bonds. The molecule has 0 spiro atoms. The van der Waals surface area contributed by atoms with Crippen molar-refractivity contribution in [3.05, 3.63) is 34.5 Å². The Kier molecular flexibility index (Phi) is 2.21. The Morgan fingerprint density at radius 3 is 2.67 bits per heavy atom. The van der Waals surface area contributed by atoms with Crippen molar-refractivity contribution in [1.29, 1.82) is 0 Å². The number of hydrogen-bond acceptors (Lipinski definition) is 4. The fourth-order valence-electron chi connectivity index (χ4n) is 0.610. The zero-order chi connectivity index (χ0) is 9.19. The number of aromatic nitrogens is 1. The van der Waals surface area contributed by atoms with E-state index in [1.165, 1.54) is 18.3 Å². The molecular weight excluding hydrogens is 183 g/mol. The van der Waals surface area contributed by atoms with Gasteiger partial charge in [0.1, 0.15) is 4.69 Å². The number of nitro groups is 1. The average Bonchev–Trinajstić information content (AvgIpc) is 2.06. The summed E-state index contributed by atoms with van der Waals surface area (Å²) in [6.45, 7) is 0. The molecule has 1 rings (SSSR count). The zero-order valence-electron chi connectivity index (χ0n) is 5.82. The summed E-state index contributed by atoms with van der Waals surface area (Å²) in [6.07, 6.45) is 1.22. The highest BCUT2D eigenvalue weighted by Crippen LogP contribution is 2.37. The Bertz CT molecular complexity index is 339. The first-order valence-corrected chi connectivity index (χ1v) is 4.55. The molecule has 0 bridgehead atoms. The first kappa shape index (κ1) is 8.83. The van der Waals surface area contributed by atoms with Crippen molar-refractivity contribution in [3.8, 4) is 0 Å². The molecule has 0 aliphatic carbocycles. The molecule has 0 saturated carbocycles. The minimum absolute atomic E-state index is 0.407. The van der Waals surface area contributed by atoms with Crippen LogP contribution in [0.4, 0.5) is 0 Å². The van der Waals surface area contributed by atoms with Gasteiger partial charge in [0.2, 0.25) is 0 Å². The lowest BCUT2D eigenvalue weighted by Crippen LogP contribution is -2.13. The fourth-order valence-corrected chi connectivity index (χ4v) is 1.27. The molecule has 1 aromatic rings. The van der Waals surface area contributed by atoms with Crippen molar-refractivity contribution in [2.75, 3.05) is 0 Å². The van der Waals surface area contributed by atoms with E-state index in [2.05, 4.69) is 4.98 Å². The minimum Gasteiger partial charge on any atom is -0.286 e. The van der Waals surface area contributed by atoms with E-state index >= 15 is 0 Å². The third-order valence-corrected chi connectivity index (χ3v) is 2.47. The van der Waals surface area contributed by atoms with Crippen LogP contribution in [0.5, 0.6) is 0 Å². The Balaban J connectivity index is 3.16. The summed E-state index contributed by atoms with van der Waals surface area (Å²) in [5.74, 6) is 0. The van der Waals surface area contributed by atoms with Gasteiger partial charge in [-0.15, -0.1) is 0 Å². The van der Waals surface area contributed by atoms with Crippen LogP contribution in [0.25, 0.3) is 0 Å². The third-order valence-electron chi connectivity index (χ3n) is 1.17. The predicted molar refractivity (Wildman–Crippen MR) is 40.7 cm³/mol. The average molecular weight is 188 g/mol. The zero-order valence-corrected chi connectivity index (χ0v) is 6.72. The summed E-state index contributed by atoms with van der Waals surface area (Å²) in [5, 5.41) is 10.1. The van der Waals surface area contributed by atoms with Gasteiger partial charge in [-0.1, -0.05) is 6.07 Å². The number of rotatable bonds is 2. The lowest BCUT2D eigenvalue weighted by molar-refractivity contribution is -0.323. The monoisotopic (exact) mass is 188 g/mol. The van der Waals surface area contributed by atoms with Gasteiger partial charge in [-0.25, -0.2) is 9.55 Å². The highest BCUT2D eigenvalue weighted by molar-refractivity contribution is 7.59. The summed E-state index contributed by atoms with van der Waals surface area (Å²) in [4.78, 5) is 22.3. The van der Waals surface area contributed by atoms with Gasteiger partial charge < -0.3 is 0 Å². The summed E-state index contributed by atoms with van der Waals surface area (Å²) >= 11 is 0. The van der Waals surface area contributed by atoms with Gasteiger partial charge in [-0.2, -0.15) is 0 Å². The molecule has 1 aromatic heterocycles. The molecule has 0 saturated heterocycles. The Hall–Kier alpha value is -1.26. The molecule has 6 nitrogen and oxygen atoms in total. The van der Waals surface area contributed by atoms with Crippen LogP contribution in [0.2, 0.25) is 0 Å². The van der Waals surface area contributed by atoms with Crippen LogP contribution >= 0.6 is 7.52 Å². The fraction of sp³-hybridized carbons (Fsp3) is 0. The maximum atomic E-state index is 10.9. The van der Waals surface area contributed by atoms with Gasteiger partial charge in [-0.05, 0) is 12.1 Å². The van der Waals surface area contributed by atoms with Crippen molar-refractivity contribution < 1.29 is 14.2 Å². The lowest BCUT2D eigenvalue weighted by atomic mass is 10.5. The summed E-state index contributed by atoms with van der Waals surface area (Å²) < 4.78 is 9.68. The molecule has 1 unspecified atom stereocenters. The molecule has 0 aliphatic rings. The van der Waals surface area contributed by atoms with E-state index in [0.29, 0.717) is 0 Å². The Morgan fingerprint density at radius 1 is 1.58 bits per heavy atom. The summed E-state index contributed by atoms with van der Waals surface area (Å²) in [7, 11) is -4.51. The van der Waals surface area contributed by atoms with Crippen LogP contribution in [-0.4, -0.2) is 14.6 Å². The smallest absolute Gasteiger partial charge is 0.286 e. The van der Waals surface area contributed by atoms with E-state index in [9.17, 15) is 14.7 Å². The van der Waals surface area contributed by atoms with Crippen LogP contribution in [0, 0.1) is 10.1 Å². The largest absolute Gasteiger partial charge is 0.555 e. The van der Waals surface area contributed by atoms with E-state index < -0.39 is 17.6 Å². The second kappa shape index (κ2) is 3.00. The van der Waals surface area contributed by atoms with E-state index in [-0.39, 0.29) is 0 Å². The molecule has 12 heavy (non-hydrogen) atoms. The quantitative estimate of drug-likeness (QED) is 0.405. The van der Waals surface area contributed by atoms with E-state index in [0.717, 1.165) is 6.07 Å². The van der Waals surface area contributed by atoms with E-state index in [1.54, 1.807) is 0 Å². The lowest BCUT2D eigenvalue weighted by Gasteiger charge is -1.98. The van der Waals surface area contributed by atoms with Crippen LogP contribution < -0.4 is 5.44 Å². The van der Waals surface area contributed by atoms with Crippen molar-refractivity contribution in [1.82, 2.24) is 4.98 Å². The van der Waals surface area contributed by atoms with Gasteiger partial charge in [0, 0.05) is 6.20 Å². The van der Waals surface area contributed by atoms with Crippen LogP contribution in [0.3, 0.4) is 0 Å². The molecule has 1 N–H and O–H groups in total. The van der Waals surface area contributed by atoms with Crippen LogP contribution in [-0.2, 0) is 4.57 Å². The highest BCUT2D eigenvalue weighted by atomic mass is 31.2. The normalized spacial score (nSPS) is 15.1. The standard InChI is InChI=1S/C5H5N2O4P/c8-7(9)12(10,11)5-3-1-2-4-6-5/h1-4H,(H,10,11). The maximum Gasteiger partial charge on any atom is 0.555 e. The SMILES string of the molecule is O=[N+]([O-])P(=O)(O)c1ccccn1. The van der Waals surface area contributed by atoms with Crippen LogP contribution in [0.15, 0.2) is 24.4 Å². The highest BCUT2D eigenvalue weighted by Gasteiger charge is 2.37. The number of hydrogen-bond donors (Lipinski definition) is 1. The second-order valence-corrected chi connectivity index (χ2v) is 3.84. The van der Waals surface area contributed by atoms with E-state index in [4.69, 9.17) is 4.89 Å². The summed E-state index contributed by atoms with van der Waals surface area (Å²) in [6, 6.07) is 4.06. The Labute approximate surface area is 67.5 Å². The minimum atomic E-state index is -4.51. The van der Waals surface area contributed by atoms with Crippen molar-refractivity contribution in [2.24, 2.45) is 0 Å². The molecule has 1 heterocycles. The molecule has 0 aromatic carbocycles. The Morgan fingerprint density at radius 2 is 2.25 bits per heavy atom. The molecule has 0 fully saturated rings. The predicted octanol–water partition coefficient (Wildman–Crippen LogP) is 0.169. The van der Waals surface area contributed by atoms with E-state index in [1.807, 2.05) is 0 Å². The van der Waals surface area contributed by atoms with Crippen LogP contribution in [0.1, 0.15) is 0 Å². The molecule has 1 atom stereocenters. The van der Waals surface area contributed by atoms with Gasteiger partial charge in [0.15, 0.2) is 5.44 Å². The van der Waals surface area contributed by atoms with Crippen molar-refractivity contribution in [2.45, 2.75) is 0 Å². The topological polar surface area (TPSA) is 93.3 Å².